The fourth-order valence-corrected chi connectivity index (χ4v) is 5.16. The second-order valence-corrected chi connectivity index (χ2v) is 8.62. The zero-order valence-corrected chi connectivity index (χ0v) is 17.4. The molecule has 156 valence electrons. The summed E-state index contributed by atoms with van der Waals surface area (Å²) in [5.41, 5.74) is 1.05. The standard InChI is InChI=1S/C24H35FO3/c1-3-4-5-6-13-28-21-11-9-17-14-19(8-7-18(17)15-21)22-12-10-20(16-23(22)25)24(26)27-2/h10,12,16-19,21H,3-9,11,13-15H2,1-2H3. The minimum atomic E-state index is -0.484. The Kier molecular flexibility index (Phi) is 7.90. The number of carbonyl (C=O) groups is 1. The fraction of sp³-hybridized carbons (Fsp3) is 0.708. The van der Waals surface area contributed by atoms with Crippen LogP contribution in [0.4, 0.5) is 4.39 Å². The highest BCUT2D eigenvalue weighted by Crippen LogP contribution is 2.47. The van der Waals surface area contributed by atoms with E-state index in [1.54, 1.807) is 12.1 Å². The number of methoxy groups -OCH3 is 1. The van der Waals surface area contributed by atoms with Gasteiger partial charge in [-0.15, -0.1) is 0 Å². The number of unbranched alkanes of at least 4 members (excludes halogenated alkanes) is 3. The minimum Gasteiger partial charge on any atom is -0.465 e. The maximum atomic E-state index is 14.6. The number of hydrogen-bond donors (Lipinski definition) is 0. The highest BCUT2D eigenvalue weighted by Gasteiger charge is 2.37. The molecule has 4 atom stereocenters. The molecule has 0 bridgehead atoms. The zero-order valence-electron chi connectivity index (χ0n) is 17.4. The van der Waals surface area contributed by atoms with Gasteiger partial charge in [-0.25, -0.2) is 9.18 Å². The van der Waals surface area contributed by atoms with Gasteiger partial charge in [-0.05, 0) is 80.4 Å². The number of ether oxygens (including phenoxy) is 2. The number of benzene rings is 1. The van der Waals surface area contributed by atoms with E-state index >= 15 is 0 Å². The maximum Gasteiger partial charge on any atom is 0.337 e. The van der Waals surface area contributed by atoms with Gasteiger partial charge < -0.3 is 9.47 Å². The third kappa shape index (κ3) is 5.34. The first-order valence-electron chi connectivity index (χ1n) is 11.1. The van der Waals surface area contributed by atoms with E-state index in [0.29, 0.717) is 12.0 Å². The van der Waals surface area contributed by atoms with Crippen LogP contribution in [-0.4, -0.2) is 25.8 Å². The van der Waals surface area contributed by atoms with Crippen LogP contribution < -0.4 is 0 Å². The van der Waals surface area contributed by atoms with Crippen molar-refractivity contribution in [3.05, 3.63) is 35.1 Å². The molecule has 2 fully saturated rings. The largest absolute Gasteiger partial charge is 0.465 e. The molecule has 4 heteroatoms. The van der Waals surface area contributed by atoms with Crippen molar-refractivity contribution in [3.8, 4) is 0 Å². The van der Waals surface area contributed by atoms with Gasteiger partial charge in [0, 0.05) is 6.61 Å². The Morgan fingerprint density at radius 3 is 2.61 bits per heavy atom. The van der Waals surface area contributed by atoms with E-state index < -0.39 is 5.97 Å². The van der Waals surface area contributed by atoms with E-state index in [-0.39, 0.29) is 17.3 Å². The number of rotatable bonds is 8. The fourth-order valence-electron chi connectivity index (χ4n) is 5.16. The highest BCUT2D eigenvalue weighted by atomic mass is 19.1. The average Bonchev–Trinajstić information content (AvgIpc) is 2.72. The average molecular weight is 391 g/mol. The second-order valence-electron chi connectivity index (χ2n) is 8.62. The normalized spacial score (nSPS) is 27.2. The smallest absolute Gasteiger partial charge is 0.337 e. The summed E-state index contributed by atoms with van der Waals surface area (Å²) in [5, 5.41) is 0. The lowest BCUT2D eigenvalue weighted by Gasteiger charge is -2.42. The van der Waals surface area contributed by atoms with Crippen molar-refractivity contribution in [1.82, 2.24) is 0 Å². The molecule has 28 heavy (non-hydrogen) atoms. The van der Waals surface area contributed by atoms with Gasteiger partial charge in [0.2, 0.25) is 0 Å². The van der Waals surface area contributed by atoms with Crippen LogP contribution in [-0.2, 0) is 9.47 Å². The monoisotopic (exact) mass is 390 g/mol. The maximum absolute atomic E-state index is 14.6. The van der Waals surface area contributed by atoms with Crippen LogP contribution in [0, 0.1) is 17.7 Å². The SMILES string of the molecule is CCCCCCOC1CCC2CC(c3ccc(C(=O)OC)cc3F)CCC2C1. The molecule has 0 radical (unpaired) electrons. The highest BCUT2D eigenvalue weighted by molar-refractivity contribution is 5.89. The van der Waals surface area contributed by atoms with Gasteiger partial charge in [0.1, 0.15) is 5.82 Å². The van der Waals surface area contributed by atoms with Crippen molar-refractivity contribution in [2.75, 3.05) is 13.7 Å². The van der Waals surface area contributed by atoms with Gasteiger partial charge in [-0.2, -0.15) is 0 Å². The minimum absolute atomic E-state index is 0.263. The third-order valence-corrected chi connectivity index (χ3v) is 6.78. The molecule has 0 spiro atoms. The number of fused-ring (bicyclic) bond motifs is 1. The number of hydrogen-bond acceptors (Lipinski definition) is 3. The predicted molar refractivity (Wildman–Crippen MR) is 109 cm³/mol. The molecule has 1 aromatic rings. The van der Waals surface area contributed by atoms with Crippen LogP contribution in [0.1, 0.15) is 93.0 Å². The molecule has 2 aliphatic carbocycles. The topological polar surface area (TPSA) is 35.5 Å². The van der Waals surface area contributed by atoms with Crippen molar-refractivity contribution in [2.45, 2.75) is 83.2 Å². The molecule has 4 unspecified atom stereocenters. The summed E-state index contributed by atoms with van der Waals surface area (Å²) < 4.78 is 25.5. The zero-order chi connectivity index (χ0) is 19.9. The lowest BCUT2D eigenvalue weighted by molar-refractivity contribution is -0.0164. The van der Waals surface area contributed by atoms with Crippen LogP contribution in [0.15, 0.2) is 18.2 Å². The molecule has 0 aromatic heterocycles. The van der Waals surface area contributed by atoms with Crippen molar-refractivity contribution < 1.29 is 18.7 Å². The Bertz CT molecular complexity index is 645. The van der Waals surface area contributed by atoms with Gasteiger partial charge in [0.05, 0.1) is 18.8 Å². The molecule has 0 heterocycles. The van der Waals surface area contributed by atoms with Crippen molar-refractivity contribution in [3.63, 3.8) is 0 Å². The molecule has 0 N–H and O–H groups in total. The Balaban J connectivity index is 1.50. The van der Waals surface area contributed by atoms with Crippen LogP contribution in [0.2, 0.25) is 0 Å². The Hall–Kier alpha value is -1.42. The van der Waals surface area contributed by atoms with Gasteiger partial charge in [0.25, 0.3) is 0 Å². The molecule has 0 saturated heterocycles. The summed E-state index contributed by atoms with van der Waals surface area (Å²) in [7, 11) is 1.32. The number of halogens is 1. The van der Waals surface area contributed by atoms with E-state index in [2.05, 4.69) is 11.7 Å². The quantitative estimate of drug-likeness (QED) is 0.388. The Morgan fingerprint density at radius 2 is 1.86 bits per heavy atom. The number of carbonyl (C=O) groups excluding carboxylic acids is 1. The van der Waals surface area contributed by atoms with Crippen LogP contribution in [0.3, 0.4) is 0 Å². The van der Waals surface area contributed by atoms with E-state index in [9.17, 15) is 9.18 Å². The first-order valence-corrected chi connectivity index (χ1v) is 11.1. The lowest BCUT2D eigenvalue weighted by atomic mass is 9.65. The van der Waals surface area contributed by atoms with Gasteiger partial charge >= 0.3 is 5.97 Å². The van der Waals surface area contributed by atoms with E-state index in [1.807, 2.05) is 0 Å². The first kappa shape index (κ1) is 21.3. The number of esters is 1. The first-order chi connectivity index (χ1) is 13.6. The summed E-state index contributed by atoms with van der Waals surface area (Å²) in [4.78, 5) is 11.6. The van der Waals surface area contributed by atoms with Crippen LogP contribution in [0.25, 0.3) is 0 Å². The lowest BCUT2D eigenvalue weighted by Crippen LogP contribution is -2.34. The summed E-state index contributed by atoms with van der Waals surface area (Å²) in [6.07, 6.45) is 12.2. The third-order valence-electron chi connectivity index (χ3n) is 6.78. The Labute approximate surface area is 169 Å². The summed E-state index contributed by atoms with van der Waals surface area (Å²) in [6, 6.07) is 4.81. The van der Waals surface area contributed by atoms with Gasteiger partial charge in [-0.1, -0.05) is 32.3 Å². The molecule has 0 amide bonds. The van der Waals surface area contributed by atoms with Gasteiger partial charge in [0.15, 0.2) is 0 Å². The van der Waals surface area contributed by atoms with Crippen LogP contribution >= 0.6 is 0 Å². The van der Waals surface area contributed by atoms with E-state index in [0.717, 1.165) is 43.8 Å². The van der Waals surface area contributed by atoms with E-state index in [4.69, 9.17) is 4.74 Å². The summed E-state index contributed by atoms with van der Waals surface area (Å²) in [5.74, 6) is 0.915. The predicted octanol–water partition coefficient (Wildman–Crippen LogP) is 6.26. The summed E-state index contributed by atoms with van der Waals surface area (Å²) >= 11 is 0. The molecule has 0 aliphatic heterocycles. The molecule has 2 aliphatic rings. The van der Waals surface area contributed by atoms with Crippen molar-refractivity contribution in [2.24, 2.45) is 11.8 Å². The molecule has 1 aromatic carbocycles. The van der Waals surface area contributed by atoms with E-state index in [1.165, 1.54) is 51.7 Å². The Morgan fingerprint density at radius 1 is 1.07 bits per heavy atom. The molecule has 3 nitrogen and oxygen atoms in total. The van der Waals surface area contributed by atoms with Crippen molar-refractivity contribution in [1.29, 1.82) is 0 Å². The molecular weight excluding hydrogens is 355 g/mol. The van der Waals surface area contributed by atoms with Crippen molar-refractivity contribution >= 4 is 5.97 Å². The van der Waals surface area contributed by atoms with Crippen LogP contribution in [0.5, 0.6) is 0 Å². The molecule has 3 rings (SSSR count). The summed E-state index contributed by atoms with van der Waals surface area (Å²) in [6.45, 7) is 3.14. The van der Waals surface area contributed by atoms with Gasteiger partial charge in [-0.3, -0.25) is 0 Å². The molecule has 2 saturated carbocycles. The molecular formula is C24H35FO3. The second kappa shape index (κ2) is 10.4.